The van der Waals surface area contributed by atoms with E-state index in [1.807, 2.05) is 54.6 Å². The Morgan fingerprint density at radius 3 is 2.30 bits per heavy atom. The van der Waals surface area contributed by atoms with Crippen LogP contribution >= 0.6 is 11.3 Å². The van der Waals surface area contributed by atoms with Crippen LogP contribution in [0.3, 0.4) is 0 Å². The molecule has 0 radical (unpaired) electrons. The summed E-state index contributed by atoms with van der Waals surface area (Å²) in [6, 6.07) is 38.0. The van der Waals surface area contributed by atoms with Gasteiger partial charge in [-0.2, -0.15) is 0 Å². The van der Waals surface area contributed by atoms with Gasteiger partial charge in [0.2, 0.25) is 0 Å². The summed E-state index contributed by atoms with van der Waals surface area (Å²) in [5.74, 6) is 0.448. The number of benzene rings is 4. The van der Waals surface area contributed by atoms with E-state index in [9.17, 15) is 5.11 Å². The van der Waals surface area contributed by atoms with Gasteiger partial charge in [0.15, 0.2) is 0 Å². The van der Waals surface area contributed by atoms with Gasteiger partial charge in [0.25, 0.3) is 0 Å². The molecule has 0 saturated carbocycles. The zero-order chi connectivity index (χ0) is 24.5. The van der Waals surface area contributed by atoms with Gasteiger partial charge >= 0.3 is 0 Å². The number of aromatic hydroxyl groups is 1. The number of nitrogens with zero attached hydrogens (tertiary/aromatic N) is 2. The van der Waals surface area contributed by atoms with E-state index in [4.69, 9.17) is 4.98 Å². The van der Waals surface area contributed by atoms with Crippen LogP contribution in [0.15, 0.2) is 109 Å². The fourth-order valence-electron chi connectivity index (χ4n) is 4.51. The molecule has 37 heavy (non-hydrogen) atoms. The van der Waals surface area contributed by atoms with Crippen molar-refractivity contribution in [3.63, 3.8) is 0 Å². The predicted molar refractivity (Wildman–Crippen MR) is 148 cm³/mol. The van der Waals surface area contributed by atoms with Crippen molar-refractivity contribution in [3.05, 3.63) is 127 Å². The molecule has 5 heteroatoms. The number of hydrogen-bond donors (Lipinski definition) is 1. The van der Waals surface area contributed by atoms with Gasteiger partial charge in [-0.1, -0.05) is 78.7 Å². The van der Waals surface area contributed by atoms with Crippen molar-refractivity contribution in [1.82, 2.24) is 9.97 Å². The Hall–Kier alpha value is -3.59. The third-order valence-corrected chi connectivity index (χ3v) is 7.51. The molecule has 1 N–H and O–H groups in total. The second-order valence-electron chi connectivity index (χ2n) is 8.78. The summed E-state index contributed by atoms with van der Waals surface area (Å²) in [7, 11) is 0. The van der Waals surface area contributed by atoms with Gasteiger partial charge in [-0.05, 0) is 35.4 Å². The minimum atomic E-state index is 0. The van der Waals surface area contributed by atoms with E-state index >= 15 is 0 Å². The number of rotatable bonds is 5. The van der Waals surface area contributed by atoms with Crippen molar-refractivity contribution < 1.29 is 26.2 Å². The smallest absolute Gasteiger partial charge is 0.127 e. The third kappa shape index (κ3) is 5.00. The molecule has 4 aromatic carbocycles. The van der Waals surface area contributed by atoms with Gasteiger partial charge in [0.1, 0.15) is 10.8 Å². The quantitative estimate of drug-likeness (QED) is 0.187. The second-order valence-corrected chi connectivity index (χ2v) is 9.81. The maximum absolute atomic E-state index is 10.5. The Morgan fingerprint density at radius 1 is 0.757 bits per heavy atom. The van der Waals surface area contributed by atoms with Crippen LogP contribution in [0.5, 0.6) is 5.75 Å². The van der Waals surface area contributed by atoms with Crippen LogP contribution in [0.2, 0.25) is 0 Å². The molecule has 0 bridgehead atoms. The summed E-state index contributed by atoms with van der Waals surface area (Å²) >= 11 is 1.60. The van der Waals surface area contributed by atoms with Crippen molar-refractivity contribution >= 4 is 21.6 Å². The van der Waals surface area contributed by atoms with Crippen LogP contribution in [-0.2, 0) is 21.1 Å². The zero-order valence-corrected chi connectivity index (χ0v) is 23.1. The summed E-state index contributed by atoms with van der Waals surface area (Å²) in [6.45, 7) is 2.24. The van der Waals surface area contributed by atoms with E-state index in [2.05, 4.69) is 60.4 Å². The largest absolute Gasteiger partial charge is 0.507 e. The molecular weight excluding hydrogens is 656 g/mol. The normalized spacial score (nSPS) is 11.7. The number of aromatic nitrogens is 2. The SMILES string of the molecule is CC(c1ccccc1)c1cc(-c2[c-]c(-c3ccccn3)ccc2)c2nc(-c3ccccc3O)sc2c1.[Pt]. The Labute approximate surface area is 234 Å². The molecule has 0 aliphatic heterocycles. The van der Waals surface area contributed by atoms with Crippen molar-refractivity contribution in [2.24, 2.45) is 0 Å². The molecule has 0 aliphatic carbocycles. The summed E-state index contributed by atoms with van der Waals surface area (Å²) in [4.78, 5) is 9.53. The minimum absolute atomic E-state index is 0. The van der Waals surface area contributed by atoms with Gasteiger partial charge in [0.05, 0.1) is 11.1 Å². The van der Waals surface area contributed by atoms with E-state index in [0.717, 1.165) is 43.2 Å². The van der Waals surface area contributed by atoms with Crippen LogP contribution in [0.4, 0.5) is 0 Å². The summed E-state index contributed by atoms with van der Waals surface area (Å²) in [5.41, 5.74) is 7.97. The summed E-state index contributed by atoms with van der Waals surface area (Å²) in [6.07, 6.45) is 1.80. The first-order chi connectivity index (χ1) is 17.7. The van der Waals surface area contributed by atoms with Gasteiger partial charge in [-0.15, -0.1) is 41.2 Å². The van der Waals surface area contributed by atoms with Crippen LogP contribution in [0.25, 0.3) is 43.2 Å². The monoisotopic (exact) mass is 678 g/mol. The molecule has 6 rings (SSSR count). The number of fused-ring (bicyclic) bond motifs is 1. The number of phenols is 1. The molecule has 0 saturated heterocycles. The first-order valence-corrected chi connectivity index (χ1v) is 12.7. The number of pyridine rings is 1. The fourth-order valence-corrected chi connectivity index (χ4v) is 5.58. The molecule has 0 amide bonds. The number of thiazole rings is 1. The molecule has 184 valence electrons. The Balaban J connectivity index is 0.00000280. The Kier molecular flexibility index (Phi) is 7.32. The minimum Gasteiger partial charge on any atom is -0.507 e. The molecule has 0 fully saturated rings. The third-order valence-electron chi connectivity index (χ3n) is 6.48. The van der Waals surface area contributed by atoms with E-state index in [-0.39, 0.29) is 32.7 Å². The van der Waals surface area contributed by atoms with Crippen LogP contribution in [0, 0.1) is 6.07 Å². The van der Waals surface area contributed by atoms with Crippen molar-refractivity contribution in [1.29, 1.82) is 0 Å². The summed E-state index contributed by atoms with van der Waals surface area (Å²) < 4.78 is 1.08. The van der Waals surface area contributed by atoms with Crippen molar-refractivity contribution in [3.8, 4) is 38.7 Å². The average Bonchev–Trinajstić information content (AvgIpc) is 3.37. The van der Waals surface area contributed by atoms with Gasteiger partial charge < -0.3 is 5.11 Å². The second kappa shape index (κ2) is 10.8. The molecule has 1 unspecified atom stereocenters. The first kappa shape index (κ1) is 25.1. The van der Waals surface area contributed by atoms with Crippen LogP contribution < -0.4 is 0 Å². The van der Waals surface area contributed by atoms with Crippen molar-refractivity contribution in [2.45, 2.75) is 12.8 Å². The number of hydrogen-bond acceptors (Lipinski definition) is 4. The molecule has 0 aliphatic rings. The molecule has 3 nitrogen and oxygen atoms in total. The van der Waals surface area contributed by atoms with Crippen molar-refractivity contribution in [2.75, 3.05) is 0 Å². The van der Waals surface area contributed by atoms with E-state index in [1.165, 1.54) is 11.1 Å². The van der Waals surface area contributed by atoms with E-state index in [0.29, 0.717) is 0 Å². The van der Waals surface area contributed by atoms with Gasteiger partial charge in [-0.3, -0.25) is 4.98 Å². The number of para-hydroxylation sites is 1. The molecular formula is C32H23N2OPtS-. The molecule has 2 heterocycles. The zero-order valence-electron chi connectivity index (χ0n) is 20.0. The standard InChI is InChI=1S/C32H23N2OS.Pt/c1-21(22-10-3-2-4-11-22)25-19-27(23-12-9-13-24(18-23)28-15-7-8-17-33-28)31-30(20-25)36-32(34-31)26-14-5-6-16-29(26)35;/h2-17,19-21,35H,1H3;/q-1;. The topological polar surface area (TPSA) is 46.0 Å². The fraction of sp³-hybridized carbons (Fsp3) is 0.0625. The summed E-state index contributed by atoms with van der Waals surface area (Å²) in [5, 5.41) is 11.3. The van der Waals surface area contributed by atoms with Gasteiger partial charge in [0, 0.05) is 43.6 Å². The molecule has 1 atom stereocenters. The first-order valence-electron chi connectivity index (χ1n) is 11.9. The van der Waals surface area contributed by atoms with E-state index < -0.39 is 0 Å². The maximum atomic E-state index is 10.5. The van der Waals surface area contributed by atoms with Crippen LogP contribution in [-0.4, -0.2) is 15.1 Å². The number of phenolic OH excluding ortho intramolecular Hbond substituents is 1. The maximum Gasteiger partial charge on any atom is 0.127 e. The Morgan fingerprint density at radius 2 is 1.51 bits per heavy atom. The average molecular weight is 679 g/mol. The Bertz CT molecular complexity index is 1670. The predicted octanol–water partition coefficient (Wildman–Crippen LogP) is 8.35. The van der Waals surface area contributed by atoms with E-state index in [1.54, 1.807) is 23.6 Å². The van der Waals surface area contributed by atoms with Crippen LogP contribution in [0.1, 0.15) is 24.0 Å². The molecule has 0 spiro atoms. The molecule has 6 aromatic rings. The van der Waals surface area contributed by atoms with Gasteiger partial charge in [-0.25, -0.2) is 4.98 Å². The molecule has 2 aromatic heterocycles.